The summed E-state index contributed by atoms with van der Waals surface area (Å²) in [5.41, 5.74) is 7.84. The fraction of sp³-hybridized carbons (Fsp3) is 0.444. The molecule has 0 aliphatic heterocycles. The number of H-pyrrole nitrogens is 1. The van der Waals surface area contributed by atoms with Gasteiger partial charge >= 0.3 is 0 Å². The smallest absolute Gasteiger partial charge is 0.265 e. The predicted molar refractivity (Wildman–Crippen MR) is 48.1 cm³/mol. The zero-order valence-electron chi connectivity index (χ0n) is 7.48. The van der Waals surface area contributed by atoms with Crippen molar-refractivity contribution in [3.05, 3.63) is 23.0 Å². The summed E-state index contributed by atoms with van der Waals surface area (Å²) in [6.45, 7) is 4.05. The van der Waals surface area contributed by atoms with Crippen LogP contribution in [-0.4, -0.2) is 10.9 Å². The van der Waals surface area contributed by atoms with Gasteiger partial charge in [0.2, 0.25) is 0 Å². The van der Waals surface area contributed by atoms with Gasteiger partial charge < -0.3 is 10.7 Å². The summed E-state index contributed by atoms with van der Waals surface area (Å²) in [5, 5.41) is 0. The third kappa shape index (κ3) is 1.49. The van der Waals surface area contributed by atoms with Gasteiger partial charge in [0.1, 0.15) is 5.69 Å². The van der Waals surface area contributed by atoms with Crippen LogP contribution >= 0.6 is 0 Å². The number of carbonyl (C=O) groups excluding carboxylic acids is 1. The number of amides is 1. The number of rotatable bonds is 3. The van der Waals surface area contributed by atoms with E-state index in [2.05, 4.69) is 4.98 Å². The van der Waals surface area contributed by atoms with Crippen molar-refractivity contribution in [2.45, 2.75) is 26.7 Å². The first-order valence-corrected chi connectivity index (χ1v) is 4.19. The van der Waals surface area contributed by atoms with Crippen LogP contribution in [0.3, 0.4) is 0 Å². The third-order valence-corrected chi connectivity index (χ3v) is 1.96. The molecule has 0 aliphatic carbocycles. The number of hydrogen-bond donors (Lipinski definition) is 2. The lowest BCUT2D eigenvalue weighted by atomic mass is 10.2. The second kappa shape index (κ2) is 3.43. The maximum atomic E-state index is 10.9. The fourth-order valence-corrected chi connectivity index (χ4v) is 1.25. The molecule has 0 saturated heterocycles. The second-order valence-corrected chi connectivity index (χ2v) is 2.77. The Bertz CT molecular complexity index is 289. The van der Waals surface area contributed by atoms with Crippen LogP contribution in [0.1, 0.15) is 35.6 Å². The summed E-state index contributed by atoms with van der Waals surface area (Å²) >= 11 is 0. The van der Waals surface area contributed by atoms with E-state index >= 15 is 0 Å². The first-order valence-electron chi connectivity index (χ1n) is 4.19. The molecule has 0 fully saturated rings. The third-order valence-electron chi connectivity index (χ3n) is 1.96. The number of aryl methyl sites for hydroxylation is 2. The zero-order chi connectivity index (χ0) is 9.14. The van der Waals surface area contributed by atoms with Gasteiger partial charge in [0.05, 0.1) is 0 Å². The molecule has 0 aliphatic rings. The molecule has 0 saturated carbocycles. The van der Waals surface area contributed by atoms with Crippen molar-refractivity contribution in [1.82, 2.24) is 4.98 Å². The zero-order valence-corrected chi connectivity index (χ0v) is 7.48. The van der Waals surface area contributed by atoms with Gasteiger partial charge in [0.15, 0.2) is 0 Å². The maximum absolute atomic E-state index is 10.9. The highest BCUT2D eigenvalue weighted by molar-refractivity contribution is 5.92. The van der Waals surface area contributed by atoms with Gasteiger partial charge in [-0.05, 0) is 24.5 Å². The second-order valence-electron chi connectivity index (χ2n) is 2.77. The number of primary amides is 1. The van der Waals surface area contributed by atoms with Crippen molar-refractivity contribution in [1.29, 1.82) is 0 Å². The van der Waals surface area contributed by atoms with Crippen LogP contribution in [0.4, 0.5) is 0 Å². The van der Waals surface area contributed by atoms with E-state index in [1.165, 1.54) is 0 Å². The van der Waals surface area contributed by atoms with E-state index < -0.39 is 0 Å². The van der Waals surface area contributed by atoms with Gasteiger partial charge in [-0.1, -0.05) is 13.8 Å². The van der Waals surface area contributed by atoms with Crippen molar-refractivity contribution >= 4 is 5.91 Å². The van der Waals surface area contributed by atoms with E-state index in [4.69, 9.17) is 5.73 Å². The molecule has 1 heterocycles. The van der Waals surface area contributed by atoms with E-state index in [0.29, 0.717) is 5.69 Å². The van der Waals surface area contributed by atoms with Crippen LogP contribution in [0.5, 0.6) is 0 Å². The molecule has 66 valence electrons. The van der Waals surface area contributed by atoms with Gasteiger partial charge in [0.25, 0.3) is 5.91 Å². The largest absolute Gasteiger partial charge is 0.364 e. The van der Waals surface area contributed by atoms with E-state index in [0.717, 1.165) is 24.1 Å². The van der Waals surface area contributed by atoms with E-state index in [1.807, 2.05) is 19.9 Å². The standard InChI is InChI=1S/C9H14N2O/c1-3-6-5-7(4-2)11-8(6)9(10)12/h5,11H,3-4H2,1-2H3,(H2,10,12). The minimum absolute atomic E-state index is 0.369. The van der Waals surface area contributed by atoms with E-state index in [-0.39, 0.29) is 5.91 Å². The monoisotopic (exact) mass is 166 g/mol. The highest BCUT2D eigenvalue weighted by atomic mass is 16.1. The highest BCUT2D eigenvalue weighted by Crippen LogP contribution is 2.11. The Balaban J connectivity index is 3.08. The average Bonchev–Trinajstić information content (AvgIpc) is 2.47. The molecule has 1 aromatic rings. The first kappa shape index (κ1) is 8.84. The first-order chi connectivity index (χ1) is 5.69. The molecule has 1 amide bonds. The minimum Gasteiger partial charge on any atom is -0.364 e. The molecule has 0 aromatic carbocycles. The van der Waals surface area contributed by atoms with Crippen LogP contribution < -0.4 is 5.73 Å². The lowest BCUT2D eigenvalue weighted by molar-refractivity contribution is 0.0995. The lowest BCUT2D eigenvalue weighted by Gasteiger charge is -1.93. The summed E-state index contributed by atoms with van der Waals surface area (Å²) in [5.74, 6) is -0.369. The molecule has 0 bridgehead atoms. The van der Waals surface area contributed by atoms with Gasteiger partial charge in [-0.3, -0.25) is 4.79 Å². The number of aromatic nitrogens is 1. The summed E-state index contributed by atoms with van der Waals surface area (Å²) in [7, 11) is 0. The summed E-state index contributed by atoms with van der Waals surface area (Å²) in [6.07, 6.45) is 1.75. The Labute approximate surface area is 72.0 Å². The van der Waals surface area contributed by atoms with Gasteiger partial charge in [-0.25, -0.2) is 0 Å². The number of nitrogens with one attached hydrogen (secondary N) is 1. The van der Waals surface area contributed by atoms with Crippen molar-refractivity contribution in [3.63, 3.8) is 0 Å². The van der Waals surface area contributed by atoms with Crippen LogP contribution in [0.25, 0.3) is 0 Å². The molecule has 12 heavy (non-hydrogen) atoms. The van der Waals surface area contributed by atoms with Crippen LogP contribution in [0.2, 0.25) is 0 Å². The topological polar surface area (TPSA) is 58.9 Å². The molecule has 1 rings (SSSR count). The van der Waals surface area contributed by atoms with E-state index in [1.54, 1.807) is 0 Å². The van der Waals surface area contributed by atoms with Crippen molar-refractivity contribution in [2.75, 3.05) is 0 Å². The van der Waals surface area contributed by atoms with Gasteiger partial charge in [-0.15, -0.1) is 0 Å². The molecule has 0 spiro atoms. The van der Waals surface area contributed by atoms with Crippen LogP contribution in [0, 0.1) is 0 Å². The maximum Gasteiger partial charge on any atom is 0.265 e. The molecule has 0 atom stereocenters. The van der Waals surface area contributed by atoms with Crippen molar-refractivity contribution in [2.24, 2.45) is 5.73 Å². The van der Waals surface area contributed by atoms with Crippen molar-refractivity contribution in [3.8, 4) is 0 Å². The summed E-state index contributed by atoms with van der Waals surface area (Å²) in [6, 6.07) is 2.00. The molecule has 3 nitrogen and oxygen atoms in total. The van der Waals surface area contributed by atoms with Crippen molar-refractivity contribution < 1.29 is 4.79 Å². The molecule has 3 N–H and O–H groups in total. The predicted octanol–water partition coefficient (Wildman–Crippen LogP) is 1.24. The summed E-state index contributed by atoms with van der Waals surface area (Å²) < 4.78 is 0. The van der Waals surface area contributed by atoms with Crippen LogP contribution in [-0.2, 0) is 12.8 Å². The van der Waals surface area contributed by atoms with E-state index in [9.17, 15) is 4.79 Å². The molecule has 3 heteroatoms. The lowest BCUT2D eigenvalue weighted by Crippen LogP contribution is -2.13. The Morgan fingerprint density at radius 1 is 1.50 bits per heavy atom. The number of hydrogen-bond acceptors (Lipinski definition) is 1. The fourth-order valence-electron chi connectivity index (χ4n) is 1.25. The number of aromatic amines is 1. The Hall–Kier alpha value is -1.25. The highest BCUT2D eigenvalue weighted by Gasteiger charge is 2.09. The average molecular weight is 166 g/mol. The molecule has 1 aromatic heterocycles. The normalized spacial score (nSPS) is 10.2. The SMILES string of the molecule is CCc1cc(CC)c(C(N)=O)[nH]1. The Morgan fingerprint density at radius 3 is 2.50 bits per heavy atom. The van der Waals surface area contributed by atoms with Gasteiger partial charge in [0, 0.05) is 5.69 Å². The Kier molecular flexibility index (Phi) is 2.53. The molecular formula is C9H14N2O. The Morgan fingerprint density at radius 2 is 2.17 bits per heavy atom. The quantitative estimate of drug-likeness (QED) is 0.697. The molecular weight excluding hydrogens is 152 g/mol. The molecule has 0 unspecified atom stereocenters. The molecule has 0 radical (unpaired) electrons. The van der Waals surface area contributed by atoms with Gasteiger partial charge in [-0.2, -0.15) is 0 Å². The summed E-state index contributed by atoms with van der Waals surface area (Å²) in [4.78, 5) is 13.9. The minimum atomic E-state index is -0.369. The van der Waals surface area contributed by atoms with Crippen LogP contribution in [0.15, 0.2) is 6.07 Å². The number of carbonyl (C=O) groups is 1. The number of nitrogens with two attached hydrogens (primary N) is 1.